The largest absolute Gasteiger partial charge is 0.357 e. The lowest BCUT2D eigenvalue weighted by Crippen LogP contribution is -2.42. The lowest BCUT2D eigenvalue weighted by atomic mass is 9.95. The highest BCUT2D eigenvalue weighted by molar-refractivity contribution is 7.89. The van der Waals surface area contributed by atoms with E-state index in [1.54, 1.807) is 6.07 Å². The average molecular weight is 399 g/mol. The Morgan fingerprint density at radius 2 is 1.85 bits per heavy atom. The van der Waals surface area contributed by atoms with Crippen molar-refractivity contribution in [3.63, 3.8) is 0 Å². The van der Waals surface area contributed by atoms with Gasteiger partial charge in [0.25, 0.3) is 0 Å². The molecule has 1 aliphatic rings. The molecule has 0 aromatic heterocycles. The SMILES string of the molecule is CCNC(=NCC1(c2ccccc2F)CC1)NCCS(=O)(=O)N(CC)CC. The van der Waals surface area contributed by atoms with Crippen LogP contribution in [0, 0.1) is 5.82 Å². The number of guanidine groups is 1. The fraction of sp³-hybridized carbons (Fsp3) is 0.632. The summed E-state index contributed by atoms with van der Waals surface area (Å²) >= 11 is 0. The summed E-state index contributed by atoms with van der Waals surface area (Å²) in [6.45, 7) is 7.98. The van der Waals surface area contributed by atoms with Gasteiger partial charge in [0.15, 0.2) is 5.96 Å². The van der Waals surface area contributed by atoms with Gasteiger partial charge in [0.1, 0.15) is 5.82 Å². The third-order valence-corrected chi connectivity index (χ3v) is 6.96. The van der Waals surface area contributed by atoms with Gasteiger partial charge < -0.3 is 10.6 Å². The van der Waals surface area contributed by atoms with Crippen molar-refractivity contribution in [2.75, 3.05) is 38.5 Å². The maximum absolute atomic E-state index is 14.1. The number of nitrogens with one attached hydrogen (secondary N) is 2. The Hall–Kier alpha value is -1.67. The molecule has 0 amide bonds. The van der Waals surface area contributed by atoms with Crippen LogP contribution < -0.4 is 10.6 Å². The van der Waals surface area contributed by atoms with Gasteiger partial charge in [-0.15, -0.1) is 0 Å². The van der Waals surface area contributed by atoms with Gasteiger partial charge in [0, 0.05) is 31.6 Å². The van der Waals surface area contributed by atoms with Crippen molar-refractivity contribution in [1.82, 2.24) is 14.9 Å². The zero-order valence-electron chi connectivity index (χ0n) is 16.5. The van der Waals surface area contributed by atoms with E-state index in [0.717, 1.165) is 12.8 Å². The molecule has 8 heteroatoms. The molecule has 27 heavy (non-hydrogen) atoms. The molecule has 2 N–H and O–H groups in total. The van der Waals surface area contributed by atoms with Crippen molar-refractivity contribution in [3.05, 3.63) is 35.6 Å². The maximum atomic E-state index is 14.1. The van der Waals surface area contributed by atoms with Crippen LogP contribution in [-0.2, 0) is 15.4 Å². The summed E-state index contributed by atoms with van der Waals surface area (Å²) in [5.74, 6) is 0.390. The van der Waals surface area contributed by atoms with Crippen molar-refractivity contribution in [3.8, 4) is 0 Å². The summed E-state index contributed by atoms with van der Waals surface area (Å²) < 4.78 is 40.1. The molecule has 1 aromatic carbocycles. The molecule has 0 spiro atoms. The predicted octanol–water partition coefficient (Wildman–Crippen LogP) is 2.08. The molecule has 0 bridgehead atoms. The summed E-state index contributed by atoms with van der Waals surface area (Å²) in [5.41, 5.74) is 0.481. The second kappa shape index (κ2) is 9.50. The molecule has 0 saturated heterocycles. The Morgan fingerprint density at radius 1 is 1.19 bits per heavy atom. The Balaban J connectivity index is 1.98. The van der Waals surface area contributed by atoms with Gasteiger partial charge in [-0.05, 0) is 31.4 Å². The first-order valence-electron chi connectivity index (χ1n) is 9.63. The van der Waals surface area contributed by atoms with Crippen molar-refractivity contribution in [2.24, 2.45) is 4.99 Å². The van der Waals surface area contributed by atoms with Gasteiger partial charge >= 0.3 is 0 Å². The van der Waals surface area contributed by atoms with E-state index >= 15 is 0 Å². The second-order valence-electron chi connectivity index (χ2n) is 6.78. The number of aliphatic imine (C=N–C) groups is 1. The van der Waals surface area contributed by atoms with Crippen molar-refractivity contribution >= 4 is 16.0 Å². The summed E-state index contributed by atoms with van der Waals surface area (Å²) in [6.07, 6.45) is 1.82. The molecule has 6 nitrogen and oxygen atoms in total. The number of benzene rings is 1. The zero-order valence-corrected chi connectivity index (χ0v) is 17.3. The molecule has 1 aromatic rings. The maximum Gasteiger partial charge on any atom is 0.215 e. The topological polar surface area (TPSA) is 73.8 Å². The summed E-state index contributed by atoms with van der Waals surface area (Å²) in [6, 6.07) is 6.86. The summed E-state index contributed by atoms with van der Waals surface area (Å²) in [4.78, 5) is 4.59. The van der Waals surface area contributed by atoms with E-state index in [4.69, 9.17) is 0 Å². The first-order chi connectivity index (χ1) is 12.9. The quantitative estimate of drug-likeness (QED) is 0.468. The first kappa shape index (κ1) is 21.6. The third-order valence-electron chi connectivity index (χ3n) is 4.93. The van der Waals surface area contributed by atoms with Crippen LogP contribution in [0.4, 0.5) is 4.39 Å². The predicted molar refractivity (Wildman–Crippen MR) is 108 cm³/mol. The molecular weight excluding hydrogens is 367 g/mol. The molecule has 0 aliphatic heterocycles. The number of hydrogen-bond acceptors (Lipinski definition) is 3. The first-order valence-corrected chi connectivity index (χ1v) is 11.2. The Bertz CT molecular complexity index is 744. The summed E-state index contributed by atoms with van der Waals surface area (Å²) in [7, 11) is -3.27. The van der Waals surface area contributed by atoms with Crippen LogP contribution in [0.25, 0.3) is 0 Å². The minimum atomic E-state index is -3.27. The molecule has 0 heterocycles. The lowest BCUT2D eigenvalue weighted by Gasteiger charge is -2.19. The van der Waals surface area contributed by atoms with Gasteiger partial charge in [0.2, 0.25) is 10.0 Å². The van der Waals surface area contributed by atoms with Crippen LogP contribution in [0.15, 0.2) is 29.3 Å². The molecule has 0 unspecified atom stereocenters. The standard InChI is InChI=1S/C19H31FN4O2S/c1-4-21-18(22-13-14-27(25,26)24(5-2)6-3)23-15-19(11-12-19)16-9-7-8-10-17(16)20/h7-10H,4-6,11-15H2,1-3H3,(H2,21,22,23). The highest BCUT2D eigenvalue weighted by Crippen LogP contribution is 2.49. The summed E-state index contributed by atoms with van der Waals surface area (Å²) in [5, 5.41) is 6.21. The molecule has 2 rings (SSSR count). The minimum absolute atomic E-state index is 0.0115. The van der Waals surface area contributed by atoms with Crippen molar-refractivity contribution in [2.45, 2.75) is 39.0 Å². The monoisotopic (exact) mass is 398 g/mol. The fourth-order valence-electron chi connectivity index (χ4n) is 3.17. The number of hydrogen-bond donors (Lipinski definition) is 2. The smallest absolute Gasteiger partial charge is 0.215 e. The van der Waals surface area contributed by atoms with Gasteiger partial charge in [-0.1, -0.05) is 32.0 Å². The molecule has 1 aliphatic carbocycles. The zero-order chi connectivity index (χ0) is 19.9. The van der Waals surface area contributed by atoms with E-state index in [0.29, 0.717) is 37.7 Å². The van der Waals surface area contributed by atoms with Gasteiger partial charge in [-0.3, -0.25) is 4.99 Å². The average Bonchev–Trinajstić information content (AvgIpc) is 3.41. The number of rotatable bonds is 10. The third kappa shape index (κ3) is 5.65. The highest BCUT2D eigenvalue weighted by Gasteiger charge is 2.45. The molecule has 152 valence electrons. The second-order valence-corrected chi connectivity index (χ2v) is 8.87. The number of sulfonamides is 1. The van der Waals surface area contributed by atoms with Gasteiger partial charge in [0.05, 0.1) is 12.3 Å². The van der Waals surface area contributed by atoms with Crippen LogP contribution >= 0.6 is 0 Å². The molecule has 1 saturated carbocycles. The Labute approximate surface area is 162 Å². The molecule has 0 radical (unpaired) electrons. The van der Waals surface area contributed by atoms with Crippen LogP contribution in [-0.4, -0.2) is 57.2 Å². The van der Waals surface area contributed by atoms with E-state index in [2.05, 4.69) is 15.6 Å². The van der Waals surface area contributed by atoms with Crippen molar-refractivity contribution < 1.29 is 12.8 Å². The molecular formula is C19H31FN4O2S. The van der Waals surface area contributed by atoms with E-state index in [-0.39, 0.29) is 23.5 Å². The van der Waals surface area contributed by atoms with Crippen LogP contribution in [0.2, 0.25) is 0 Å². The number of halogens is 1. The molecule has 1 fully saturated rings. The lowest BCUT2D eigenvalue weighted by molar-refractivity contribution is 0.445. The Morgan fingerprint density at radius 3 is 2.41 bits per heavy atom. The van der Waals surface area contributed by atoms with Gasteiger partial charge in [-0.2, -0.15) is 0 Å². The van der Waals surface area contributed by atoms with Crippen LogP contribution in [0.5, 0.6) is 0 Å². The van der Waals surface area contributed by atoms with Crippen LogP contribution in [0.3, 0.4) is 0 Å². The number of nitrogens with zero attached hydrogens (tertiary/aromatic N) is 2. The van der Waals surface area contributed by atoms with E-state index in [1.165, 1.54) is 10.4 Å². The molecule has 0 atom stereocenters. The fourth-order valence-corrected chi connectivity index (χ4v) is 4.58. The van der Waals surface area contributed by atoms with Crippen molar-refractivity contribution in [1.29, 1.82) is 0 Å². The normalized spacial score (nSPS) is 16.4. The highest BCUT2D eigenvalue weighted by atomic mass is 32.2. The van der Waals surface area contributed by atoms with Gasteiger partial charge in [-0.25, -0.2) is 17.1 Å². The van der Waals surface area contributed by atoms with E-state index < -0.39 is 10.0 Å². The van der Waals surface area contributed by atoms with E-state index in [1.807, 2.05) is 32.9 Å². The minimum Gasteiger partial charge on any atom is -0.357 e. The Kier molecular flexibility index (Phi) is 7.61. The van der Waals surface area contributed by atoms with Crippen LogP contribution in [0.1, 0.15) is 39.2 Å². The van der Waals surface area contributed by atoms with E-state index in [9.17, 15) is 12.8 Å².